The molecule has 0 aromatic heterocycles. The van der Waals surface area contributed by atoms with E-state index in [1.807, 2.05) is 25.1 Å². The van der Waals surface area contributed by atoms with Gasteiger partial charge in [-0.3, -0.25) is 4.79 Å². The van der Waals surface area contributed by atoms with Crippen LogP contribution in [-0.2, 0) is 4.79 Å². The maximum atomic E-state index is 12.2. The van der Waals surface area contributed by atoms with Gasteiger partial charge in [0.05, 0.1) is 25.8 Å². The highest BCUT2D eigenvalue weighted by Crippen LogP contribution is 2.36. The lowest BCUT2D eigenvalue weighted by atomic mass is 10.1. The van der Waals surface area contributed by atoms with Crippen LogP contribution in [-0.4, -0.2) is 26.7 Å². The Morgan fingerprint density at radius 1 is 1.19 bits per heavy atom. The Morgan fingerprint density at radius 3 is 2.59 bits per heavy atom. The van der Waals surface area contributed by atoms with Crippen LogP contribution in [0.25, 0.3) is 6.08 Å². The van der Waals surface area contributed by atoms with E-state index in [4.69, 9.17) is 25.8 Å². The molecule has 0 radical (unpaired) electrons. The van der Waals surface area contributed by atoms with Crippen molar-refractivity contribution in [2.24, 2.45) is 0 Å². The van der Waals surface area contributed by atoms with E-state index in [-0.39, 0.29) is 5.91 Å². The Labute approximate surface area is 164 Å². The molecule has 0 unspecified atom stereocenters. The highest BCUT2D eigenvalue weighted by molar-refractivity contribution is 6.32. The quantitative estimate of drug-likeness (QED) is 0.637. The first-order valence-electron chi connectivity index (χ1n) is 8.62. The first-order valence-corrected chi connectivity index (χ1v) is 9.00. The second-order valence-electron chi connectivity index (χ2n) is 5.89. The van der Waals surface area contributed by atoms with Crippen LogP contribution in [0.15, 0.2) is 36.4 Å². The van der Waals surface area contributed by atoms with Crippen molar-refractivity contribution < 1.29 is 19.0 Å². The highest BCUT2D eigenvalue weighted by atomic mass is 35.5. The second kappa shape index (κ2) is 9.88. The summed E-state index contributed by atoms with van der Waals surface area (Å²) in [5.74, 6) is 1.51. The number of benzene rings is 2. The maximum Gasteiger partial charge on any atom is 0.248 e. The van der Waals surface area contributed by atoms with Gasteiger partial charge in [-0.1, -0.05) is 18.5 Å². The van der Waals surface area contributed by atoms with Crippen LogP contribution in [0.4, 0.5) is 5.69 Å². The molecule has 1 amide bonds. The molecule has 0 aliphatic carbocycles. The van der Waals surface area contributed by atoms with E-state index in [2.05, 4.69) is 12.2 Å². The molecular formula is C21H24ClNO4. The molecule has 5 nitrogen and oxygen atoms in total. The molecule has 2 rings (SSSR count). The third-order valence-corrected chi connectivity index (χ3v) is 4.09. The van der Waals surface area contributed by atoms with Crippen molar-refractivity contribution in [2.45, 2.75) is 20.3 Å². The van der Waals surface area contributed by atoms with Crippen molar-refractivity contribution >= 4 is 29.3 Å². The van der Waals surface area contributed by atoms with Gasteiger partial charge in [0.1, 0.15) is 5.75 Å². The minimum atomic E-state index is -0.244. The van der Waals surface area contributed by atoms with Gasteiger partial charge in [0.15, 0.2) is 11.5 Å². The summed E-state index contributed by atoms with van der Waals surface area (Å²) in [7, 11) is 3.05. The van der Waals surface area contributed by atoms with E-state index < -0.39 is 0 Å². The van der Waals surface area contributed by atoms with Crippen LogP contribution in [0.3, 0.4) is 0 Å². The van der Waals surface area contributed by atoms with Crippen molar-refractivity contribution in [3.05, 3.63) is 52.6 Å². The smallest absolute Gasteiger partial charge is 0.248 e. The molecule has 2 aromatic carbocycles. The minimum absolute atomic E-state index is 0.244. The molecule has 27 heavy (non-hydrogen) atoms. The fraction of sp³-hybridized carbons (Fsp3) is 0.286. The van der Waals surface area contributed by atoms with Crippen molar-refractivity contribution in [1.29, 1.82) is 0 Å². The number of hydrogen-bond acceptors (Lipinski definition) is 4. The standard InChI is InChI=1S/C21H24ClNO4/c1-5-10-27-16-7-8-18(14(2)11-16)23-20(24)9-6-15-12-17(22)21(26-4)19(13-15)25-3/h6-9,11-13H,5,10H2,1-4H3,(H,23,24)/b9-6+. The van der Waals surface area contributed by atoms with Crippen LogP contribution in [0, 0.1) is 6.92 Å². The second-order valence-corrected chi connectivity index (χ2v) is 6.29. The van der Waals surface area contributed by atoms with Gasteiger partial charge in [-0.05, 0) is 60.9 Å². The first-order chi connectivity index (χ1) is 13.0. The van der Waals surface area contributed by atoms with Crippen LogP contribution < -0.4 is 19.5 Å². The number of rotatable bonds is 8. The number of methoxy groups -OCH3 is 2. The molecule has 0 bridgehead atoms. The van der Waals surface area contributed by atoms with Gasteiger partial charge in [0.25, 0.3) is 0 Å². The van der Waals surface area contributed by atoms with E-state index in [1.165, 1.54) is 20.3 Å². The van der Waals surface area contributed by atoms with Gasteiger partial charge in [-0.15, -0.1) is 0 Å². The van der Waals surface area contributed by atoms with Crippen LogP contribution in [0.5, 0.6) is 17.2 Å². The molecule has 6 heteroatoms. The molecule has 0 aliphatic heterocycles. The lowest BCUT2D eigenvalue weighted by Crippen LogP contribution is -2.09. The highest BCUT2D eigenvalue weighted by Gasteiger charge is 2.10. The van der Waals surface area contributed by atoms with Gasteiger partial charge in [0.2, 0.25) is 5.91 Å². The number of ether oxygens (including phenoxy) is 3. The zero-order chi connectivity index (χ0) is 19.8. The predicted octanol–water partition coefficient (Wildman–Crippen LogP) is 5.11. The summed E-state index contributed by atoms with van der Waals surface area (Å²) < 4.78 is 16.1. The van der Waals surface area contributed by atoms with Gasteiger partial charge >= 0.3 is 0 Å². The predicted molar refractivity (Wildman–Crippen MR) is 109 cm³/mol. The number of nitrogens with one attached hydrogen (secondary N) is 1. The average Bonchev–Trinajstić information content (AvgIpc) is 2.66. The summed E-state index contributed by atoms with van der Waals surface area (Å²) in [6.07, 6.45) is 4.05. The summed E-state index contributed by atoms with van der Waals surface area (Å²) >= 11 is 6.18. The Bertz CT molecular complexity index is 833. The molecule has 0 atom stereocenters. The third-order valence-electron chi connectivity index (χ3n) is 3.81. The normalized spacial score (nSPS) is 10.7. The van der Waals surface area contributed by atoms with E-state index in [1.54, 1.807) is 18.2 Å². The van der Waals surface area contributed by atoms with Gasteiger partial charge in [0, 0.05) is 11.8 Å². The van der Waals surface area contributed by atoms with E-state index in [9.17, 15) is 4.79 Å². The van der Waals surface area contributed by atoms with E-state index >= 15 is 0 Å². The zero-order valence-electron chi connectivity index (χ0n) is 16.0. The summed E-state index contributed by atoms with van der Waals surface area (Å²) in [6, 6.07) is 9.04. The molecule has 0 spiro atoms. The summed E-state index contributed by atoms with van der Waals surface area (Å²) in [6.45, 7) is 4.65. The number of hydrogen-bond donors (Lipinski definition) is 1. The number of halogens is 1. The molecule has 0 fully saturated rings. The molecule has 0 heterocycles. The molecule has 2 aromatic rings. The fourth-order valence-electron chi connectivity index (χ4n) is 2.47. The Morgan fingerprint density at radius 2 is 1.96 bits per heavy atom. The molecule has 0 saturated carbocycles. The van der Waals surface area contributed by atoms with E-state index in [0.29, 0.717) is 23.1 Å². The number of carbonyl (C=O) groups excluding carboxylic acids is 1. The number of amides is 1. The molecule has 144 valence electrons. The lowest BCUT2D eigenvalue weighted by Gasteiger charge is -2.11. The largest absolute Gasteiger partial charge is 0.494 e. The van der Waals surface area contributed by atoms with Crippen LogP contribution >= 0.6 is 11.6 Å². The number of carbonyl (C=O) groups is 1. The van der Waals surface area contributed by atoms with Gasteiger partial charge < -0.3 is 19.5 Å². The topological polar surface area (TPSA) is 56.8 Å². The van der Waals surface area contributed by atoms with Gasteiger partial charge in [-0.25, -0.2) is 0 Å². The minimum Gasteiger partial charge on any atom is -0.494 e. The molecular weight excluding hydrogens is 366 g/mol. The van der Waals surface area contributed by atoms with Crippen molar-refractivity contribution in [1.82, 2.24) is 0 Å². The van der Waals surface area contributed by atoms with E-state index in [0.717, 1.165) is 29.0 Å². The Hall–Kier alpha value is -2.66. The van der Waals surface area contributed by atoms with Gasteiger partial charge in [-0.2, -0.15) is 0 Å². The van der Waals surface area contributed by atoms with Crippen LogP contribution in [0.2, 0.25) is 5.02 Å². The maximum absolute atomic E-state index is 12.2. The number of aryl methyl sites for hydroxylation is 1. The average molecular weight is 390 g/mol. The summed E-state index contributed by atoms with van der Waals surface area (Å²) in [5, 5.41) is 3.27. The van der Waals surface area contributed by atoms with Crippen LogP contribution in [0.1, 0.15) is 24.5 Å². The summed E-state index contributed by atoms with van der Waals surface area (Å²) in [4.78, 5) is 12.2. The first kappa shape index (κ1) is 20.6. The van der Waals surface area contributed by atoms with Crippen molar-refractivity contribution in [3.8, 4) is 17.2 Å². The lowest BCUT2D eigenvalue weighted by molar-refractivity contribution is -0.111. The third kappa shape index (κ3) is 5.66. The monoisotopic (exact) mass is 389 g/mol. The molecule has 0 aliphatic rings. The fourth-order valence-corrected chi connectivity index (χ4v) is 2.76. The number of anilines is 1. The Kier molecular flexibility index (Phi) is 7.55. The molecule has 0 saturated heterocycles. The van der Waals surface area contributed by atoms with Crippen molar-refractivity contribution in [3.63, 3.8) is 0 Å². The SMILES string of the molecule is CCCOc1ccc(NC(=O)/C=C/c2cc(Cl)c(OC)c(OC)c2)c(C)c1. The Balaban J connectivity index is 2.08. The van der Waals surface area contributed by atoms with Crippen molar-refractivity contribution in [2.75, 3.05) is 26.1 Å². The zero-order valence-corrected chi connectivity index (χ0v) is 16.7. The summed E-state index contributed by atoms with van der Waals surface area (Å²) in [5.41, 5.74) is 2.39. The molecule has 1 N–H and O–H groups in total.